The Morgan fingerprint density at radius 1 is 1.55 bits per heavy atom. The van der Waals surface area contributed by atoms with Gasteiger partial charge in [0.2, 0.25) is 0 Å². The Labute approximate surface area is 76.9 Å². The number of carbonyl (C=O) groups excluding carboxylic acids is 2. The Balaban J connectivity index is 2.80. The summed E-state index contributed by atoms with van der Waals surface area (Å²) in [6.07, 6.45) is 2.82. The molecular formula is C6H4IN2O2. The van der Waals surface area contributed by atoms with Crippen LogP contribution in [0.25, 0.3) is 0 Å². The van der Waals surface area contributed by atoms with E-state index in [0.717, 1.165) is 0 Å². The predicted octanol–water partition coefficient (Wildman–Crippen LogP) is 0.673. The molecule has 57 valence electrons. The standard InChI is InChI=1S/C6H4IN2O2/c7-2-1-4-3-8-6(11)9-5(4)10/h1-3H,(H,9,10,11). The molecule has 0 atom stereocenters. The summed E-state index contributed by atoms with van der Waals surface area (Å²) in [7, 11) is 0. The van der Waals surface area contributed by atoms with Gasteiger partial charge in [0.25, 0.3) is 5.91 Å². The molecule has 0 aliphatic carbocycles. The van der Waals surface area contributed by atoms with Gasteiger partial charge in [-0.3, -0.25) is 10.1 Å². The van der Waals surface area contributed by atoms with Gasteiger partial charge in [-0.15, -0.1) is 0 Å². The normalized spacial score (nSPS) is 17.7. The van der Waals surface area contributed by atoms with E-state index in [4.69, 9.17) is 0 Å². The van der Waals surface area contributed by atoms with Crippen LogP contribution in [-0.4, -0.2) is 11.9 Å². The Bertz CT molecular complexity index is 257. The minimum atomic E-state index is -0.611. The van der Waals surface area contributed by atoms with Gasteiger partial charge in [-0.1, -0.05) is 22.6 Å². The molecule has 0 aromatic carbocycles. The molecule has 1 aliphatic rings. The van der Waals surface area contributed by atoms with Crippen molar-refractivity contribution in [2.75, 3.05) is 0 Å². The Morgan fingerprint density at radius 2 is 2.27 bits per heavy atom. The first-order valence-corrected chi connectivity index (χ1v) is 4.01. The lowest BCUT2D eigenvalue weighted by Crippen LogP contribution is -2.38. The summed E-state index contributed by atoms with van der Waals surface area (Å²) in [5, 5.41) is 5.44. The largest absolute Gasteiger partial charge is 0.347 e. The monoisotopic (exact) mass is 263 g/mol. The average molecular weight is 263 g/mol. The van der Waals surface area contributed by atoms with Gasteiger partial charge in [0.1, 0.15) is 0 Å². The third-order valence-electron chi connectivity index (χ3n) is 1.05. The van der Waals surface area contributed by atoms with Crippen LogP contribution in [0.4, 0.5) is 4.79 Å². The number of rotatable bonds is 1. The van der Waals surface area contributed by atoms with Gasteiger partial charge < -0.3 is 0 Å². The van der Waals surface area contributed by atoms with Crippen molar-refractivity contribution in [1.82, 2.24) is 10.6 Å². The van der Waals surface area contributed by atoms with E-state index < -0.39 is 11.9 Å². The molecule has 0 aromatic heterocycles. The van der Waals surface area contributed by atoms with Crippen LogP contribution in [0.1, 0.15) is 0 Å². The summed E-state index contributed by atoms with van der Waals surface area (Å²) in [5.74, 6) is -0.405. The molecule has 0 spiro atoms. The number of hydrogen-bond acceptors (Lipinski definition) is 2. The van der Waals surface area contributed by atoms with Crippen LogP contribution in [0, 0.1) is 0 Å². The molecule has 0 unspecified atom stereocenters. The molecule has 4 nitrogen and oxygen atoms in total. The first-order valence-electron chi connectivity index (χ1n) is 2.77. The van der Waals surface area contributed by atoms with Crippen molar-refractivity contribution in [2.24, 2.45) is 0 Å². The summed E-state index contributed by atoms with van der Waals surface area (Å²) in [4.78, 5) is 21.3. The summed E-state index contributed by atoms with van der Waals surface area (Å²) >= 11 is 1.98. The molecular weight excluding hydrogens is 259 g/mol. The number of imide groups is 1. The number of nitrogens with zero attached hydrogens (tertiary/aromatic N) is 1. The average Bonchev–Trinajstić information content (AvgIpc) is 1.95. The quantitative estimate of drug-likeness (QED) is 0.707. The van der Waals surface area contributed by atoms with Gasteiger partial charge in [-0.05, 0) is 10.2 Å². The van der Waals surface area contributed by atoms with Gasteiger partial charge in [0, 0.05) is 6.20 Å². The second-order valence-electron chi connectivity index (χ2n) is 1.77. The summed E-state index contributed by atoms with van der Waals surface area (Å²) < 4.78 is 1.68. The predicted molar refractivity (Wildman–Crippen MR) is 46.9 cm³/mol. The fourth-order valence-corrected chi connectivity index (χ4v) is 0.962. The maximum absolute atomic E-state index is 10.9. The van der Waals surface area contributed by atoms with Gasteiger partial charge in [0.05, 0.1) is 5.57 Å². The van der Waals surface area contributed by atoms with Crippen molar-refractivity contribution in [3.8, 4) is 0 Å². The fourth-order valence-electron chi connectivity index (χ4n) is 0.575. The third kappa shape index (κ3) is 2.04. The van der Waals surface area contributed by atoms with Gasteiger partial charge >= 0.3 is 6.03 Å². The van der Waals surface area contributed by atoms with E-state index in [2.05, 4.69) is 5.32 Å². The molecule has 0 saturated carbocycles. The minimum Gasteiger partial charge on any atom is -0.272 e. The van der Waals surface area contributed by atoms with Gasteiger partial charge in [0.15, 0.2) is 0 Å². The highest BCUT2D eigenvalue weighted by Gasteiger charge is 2.16. The highest BCUT2D eigenvalue weighted by Crippen LogP contribution is 2.02. The van der Waals surface area contributed by atoms with Crippen LogP contribution in [0.2, 0.25) is 0 Å². The lowest BCUT2D eigenvalue weighted by atomic mass is 10.2. The van der Waals surface area contributed by atoms with Crippen LogP contribution in [0.15, 0.2) is 21.9 Å². The van der Waals surface area contributed by atoms with E-state index in [1.807, 2.05) is 27.9 Å². The number of amides is 3. The van der Waals surface area contributed by atoms with E-state index in [0.29, 0.717) is 5.57 Å². The van der Waals surface area contributed by atoms with E-state index in [9.17, 15) is 9.59 Å². The van der Waals surface area contributed by atoms with Gasteiger partial charge in [-0.2, -0.15) is 0 Å². The molecule has 1 aliphatic heterocycles. The number of nitrogens with one attached hydrogen (secondary N) is 1. The van der Waals surface area contributed by atoms with E-state index in [-0.39, 0.29) is 0 Å². The molecule has 5 heteroatoms. The smallest absolute Gasteiger partial charge is 0.272 e. The van der Waals surface area contributed by atoms with E-state index in [1.165, 1.54) is 6.20 Å². The molecule has 0 aromatic rings. The molecule has 1 rings (SSSR count). The Morgan fingerprint density at radius 3 is 2.82 bits per heavy atom. The Hall–Kier alpha value is -0.850. The number of hydrogen-bond donors (Lipinski definition) is 1. The molecule has 0 bridgehead atoms. The maximum Gasteiger partial charge on any atom is 0.347 e. The number of carbonyl (C=O) groups is 2. The van der Waals surface area contributed by atoms with Crippen molar-refractivity contribution < 1.29 is 9.59 Å². The molecule has 0 fully saturated rings. The van der Waals surface area contributed by atoms with Crippen molar-refractivity contribution in [1.29, 1.82) is 0 Å². The first-order chi connectivity index (χ1) is 5.24. The van der Waals surface area contributed by atoms with E-state index >= 15 is 0 Å². The highest BCUT2D eigenvalue weighted by atomic mass is 127. The lowest BCUT2D eigenvalue weighted by molar-refractivity contribution is -0.116. The van der Waals surface area contributed by atoms with Crippen molar-refractivity contribution in [2.45, 2.75) is 0 Å². The molecule has 3 amide bonds. The summed E-state index contributed by atoms with van der Waals surface area (Å²) in [5.41, 5.74) is 0.388. The fraction of sp³-hybridized carbons (Fsp3) is 0. The molecule has 1 radical (unpaired) electrons. The number of urea groups is 1. The SMILES string of the molecule is O=C1[N]C=C(C=CI)C(=O)N1. The summed E-state index contributed by atoms with van der Waals surface area (Å²) in [6, 6.07) is -0.611. The van der Waals surface area contributed by atoms with Crippen molar-refractivity contribution in [3.63, 3.8) is 0 Å². The maximum atomic E-state index is 10.9. The zero-order chi connectivity index (χ0) is 8.27. The first kappa shape index (κ1) is 8.25. The zero-order valence-corrected chi connectivity index (χ0v) is 7.53. The van der Waals surface area contributed by atoms with E-state index in [1.54, 1.807) is 10.2 Å². The van der Waals surface area contributed by atoms with Crippen LogP contribution < -0.4 is 10.6 Å². The Kier molecular flexibility index (Phi) is 2.64. The van der Waals surface area contributed by atoms with Crippen molar-refractivity contribution in [3.05, 3.63) is 21.9 Å². The minimum absolute atomic E-state index is 0.388. The third-order valence-corrected chi connectivity index (χ3v) is 1.41. The number of halogens is 1. The molecule has 0 saturated heterocycles. The topological polar surface area (TPSA) is 60.3 Å². The molecule has 11 heavy (non-hydrogen) atoms. The zero-order valence-electron chi connectivity index (χ0n) is 5.37. The summed E-state index contributed by atoms with van der Waals surface area (Å²) in [6.45, 7) is 0. The highest BCUT2D eigenvalue weighted by molar-refractivity contribution is 14.1. The second-order valence-corrected chi connectivity index (χ2v) is 2.48. The van der Waals surface area contributed by atoms with Crippen LogP contribution in [0.5, 0.6) is 0 Å². The second kappa shape index (κ2) is 3.51. The van der Waals surface area contributed by atoms with Crippen molar-refractivity contribution >= 4 is 34.5 Å². The van der Waals surface area contributed by atoms with Crippen LogP contribution >= 0.6 is 22.6 Å². The van der Waals surface area contributed by atoms with Crippen LogP contribution in [0.3, 0.4) is 0 Å². The molecule has 1 N–H and O–H groups in total. The van der Waals surface area contributed by atoms with Gasteiger partial charge in [-0.25, -0.2) is 10.1 Å². The molecule has 1 heterocycles. The lowest BCUT2D eigenvalue weighted by Gasteiger charge is -2.07. The van der Waals surface area contributed by atoms with Crippen LogP contribution in [-0.2, 0) is 4.79 Å².